The normalized spacial score (nSPS) is 23.9. The number of rotatable bonds is 1. The molecule has 1 aromatic rings. The molecule has 2 heteroatoms. The zero-order chi connectivity index (χ0) is 10.1. The number of anilines is 1. The van der Waals surface area contributed by atoms with Crippen LogP contribution in [0.2, 0.25) is 0 Å². The third-order valence-corrected chi connectivity index (χ3v) is 3.20. The van der Waals surface area contributed by atoms with Gasteiger partial charge in [-0.3, -0.25) is 4.99 Å². The van der Waals surface area contributed by atoms with Crippen molar-refractivity contribution in [2.45, 2.75) is 12.8 Å². The lowest BCUT2D eigenvalue weighted by Crippen LogP contribution is -2.18. The largest absolute Gasteiger partial charge is 0.343 e. The molecule has 0 bridgehead atoms. The van der Waals surface area contributed by atoms with Crippen molar-refractivity contribution < 1.29 is 0 Å². The zero-order valence-electron chi connectivity index (χ0n) is 8.63. The van der Waals surface area contributed by atoms with E-state index in [9.17, 15) is 0 Å². The van der Waals surface area contributed by atoms with E-state index in [-0.39, 0.29) is 0 Å². The second-order valence-electron chi connectivity index (χ2n) is 4.09. The van der Waals surface area contributed by atoms with Crippen LogP contribution in [0, 0.1) is 5.92 Å². The minimum absolute atomic E-state index is 0.697. The fourth-order valence-corrected chi connectivity index (χ4v) is 2.40. The summed E-state index contributed by atoms with van der Waals surface area (Å²) in [7, 11) is 0. The first kappa shape index (κ1) is 8.72. The van der Waals surface area contributed by atoms with E-state index in [0.29, 0.717) is 5.92 Å². The summed E-state index contributed by atoms with van der Waals surface area (Å²) in [6.07, 6.45) is 6.42. The van der Waals surface area contributed by atoms with Gasteiger partial charge >= 0.3 is 0 Å². The van der Waals surface area contributed by atoms with Crippen LogP contribution >= 0.6 is 0 Å². The minimum atomic E-state index is 0.697. The molecule has 2 aliphatic rings. The monoisotopic (exact) mass is 198 g/mol. The predicted molar refractivity (Wildman–Crippen MR) is 63.1 cm³/mol. The molecule has 1 unspecified atom stereocenters. The lowest BCUT2D eigenvalue weighted by molar-refractivity contribution is 0.668. The summed E-state index contributed by atoms with van der Waals surface area (Å²) in [6.45, 7) is 1.13. The van der Waals surface area contributed by atoms with Crippen molar-refractivity contribution in [3.8, 4) is 0 Å². The summed E-state index contributed by atoms with van der Waals surface area (Å²) >= 11 is 0. The fraction of sp³-hybridized carbons (Fsp3) is 0.308. The van der Waals surface area contributed by atoms with Gasteiger partial charge < -0.3 is 4.90 Å². The molecule has 0 aromatic heterocycles. The predicted octanol–water partition coefficient (Wildman–Crippen LogP) is 2.83. The van der Waals surface area contributed by atoms with Crippen LogP contribution in [0.15, 0.2) is 47.2 Å². The van der Waals surface area contributed by atoms with Crippen molar-refractivity contribution in [3.05, 3.63) is 42.2 Å². The summed E-state index contributed by atoms with van der Waals surface area (Å²) in [6, 6.07) is 10.6. The Morgan fingerprint density at radius 1 is 1.20 bits per heavy atom. The quantitative estimate of drug-likeness (QED) is 0.677. The highest BCUT2D eigenvalue weighted by molar-refractivity contribution is 5.64. The van der Waals surface area contributed by atoms with Gasteiger partial charge in [-0.2, -0.15) is 0 Å². The first-order valence-corrected chi connectivity index (χ1v) is 5.49. The molecule has 2 aliphatic heterocycles. The molecule has 2 heterocycles. The molecule has 1 fully saturated rings. The van der Waals surface area contributed by atoms with E-state index >= 15 is 0 Å². The Morgan fingerprint density at radius 2 is 2.07 bits per heavy atom. The summed E-state index contributed by atoms with van der Waals surface area (Å²) in [5.41, 5.74) is 2.69. The Bertz CT molecular complexity index is 406. The van der Waals surface area contributed by atoms with E-state index in [4.69, 9.17) is 0 Å². The lowest BCUT2D eigenvalue weighted by Gasteiger charge is -2.22. The third kappa shape index (κ3) is 1.46. The summed E-state index contributed by atoms with van der Waals surface area (Å²) in [5, 5.41) is 0. The van der Waals surface area contributed by atoms with E-state index in [0.717, 1.165) is 13.0 Å². The first-order valence-electron chi connectivity index (χ1n) is 5.49. The Labute approximate surface area is 89.9 Å². The molecule has 1 atom stereocenters. The number of nitrogens with zero attached hydrogens (tertiary/aromatic N) is 2. The molecule has 0 aliphatic carbocycles. The van der Waals surface area contributed by atoms with Gasteiger partial charge in [-0.25, -0.2) is 0 Å². The van der Waals surface area contributed by atoms with Crippen LogP contribution in [0.5, 0.6) is 0 Å². The fourth-order valence-electron chi connectivity index (χ4n) is 2.40. The standard InChI is InChI=1S/C13H14N2/c1-2-4-12(5-3-1)15-9-7-11-6-8-14-10-13(11)15/h1-5,8,10-11H,6-7,9H2. The number of fused-ring (bicyclic) bond motifs is 1. The van der Waals surface area contributed by atoms with Gasteiger partial charge in [0, 0.05) is 36.3 Å². The second kappa shape index (κ2) is 3.54. The van der Waals surface area contributed by atoms with E-state index < -0.39 is 0 Å². The molecule has 0 N–H and O–H groups in total. The van der Waals surface area contributed by atoms with Gasteiger partial charge in [0.1, 0.15) is 0 Å². The van der Waals surface area contributed by atoms with E-state index in [1.807, 2.05) is 12.4 Å². The number of allylic oxidation sites excluding steroid dienone is 1. The average molecular weight is 198 g/mol. The molecule has 0 amide bonds. The Balaban J connectivity index is 1.95. The Morgan fingerprint density at radius 3 is 2.93 bits per heavy atom. The highest BCUT2D eigenvalue weighted by atomic mass is 15.2. The highest BCUT2D eigenvalue weighted by Gasteiger charge is 2.29. The van der Waals surface area contributed by atoms with Gasteiger partial charge in [0.2, 0.25) is 0 Å². The molecule has 3 rings (SSSR count). The second-order valence-corrected chi connectivity index (χ2v) is 4.09. The molecule has 0 saturated carbocycles. The minimum Gasteiger partial charge on any atom is -0.343 e. The molecule has 15 heavy (non-hydrogen) atoms. The zero-order valence-corrected chi connectivity index (χ0v) is 8.63. The van der Waals surface area contributed by atoms with Crippen LogP contribution in [-0.2, 0) is 0 Å². The van der Waals surface area contributed by atoms with Gasteiger partial charge in [0.15, 0.2) is 0 Å². The van der Waals surface area contributed by atoms with Gasteiger partial charge in [0.25, 0.3) is 0 Å². The molecule has 1 saturated heterocycles. The van der Waals surface area contributed by atoms with Gasteiger partial charge in [-0.1, -0.05) is 18.2 Å². The molecule has 0 spiro atoms. The highest BCUT2D eigenvalue weighted by Crippen LogP contribution is 2.35. The SMILES string of the molecule is C1=NC=C2C(C1)CCN2c1ccccc1. The van der Waals surface area contributed by atoms with Crippen LogP contribution in [0.3, 0.4) is 0 Å². The molecule has 0 radical (unpaired) electrons. The van der Waals surface area contributed by atoms with Gasteiger partial charge in [-0.05, 0) is 25.0 Å². The topological polar surface area (TPSA) is 15.6 Å². The van der Waals surface area contributed by atoms with Crippen LogP contribution in [-0.4, -0.2) is 12.8 Å². The molecule has 1 aromatic carbocycles. The van der Waals surface area contributed by atoms with Crippen LogP contribution in [0.25, 0.3) is 0 Å². The lowest BCUT2D eigenvalue weighted by atomic mass is 10.0. The Hall–Kier alpha value is -1.57. The van der Waals surface area contributed by atoms with Crippen molar-refractivity contribution in [2.24, 2.45) is 10.9 Å². The average Bonchev–Trinajstić information content (AvgIpc) is 2.74. The van der Waals surface area contributed by atoms with Crippen molar-refractivity contribution in [1.29, 1.82) is 0 Å². The van der Waals surface area contributed by atoms with Crippen LogP contribution in [0.1, 0.15) is 12.8 Å². The van der Waals surface area contributed by atoms with Crippen molar-refractivity contribution in [2.75, 3.05) is 11.4 Å². The van der Waals surface area contributed by atoms with Crippen molar-refractivity contribution >= 4 is 11.9 Å². The van der Waals surface area contributed by atoms with Crippen molar-refractivity contribution in [3.63, 3.8) is 0 Å². The van der Waals surface area contributed by atoms with Crippen molar-refractivity contribution in [1.82, 2.24) is 0 Å². The summed E-state index contributed by atoms with van der Waals surface area (Å²) in [4.78, 5) is 6.66. The van der Waals surface area contributed by atoms with E-state index in [1.54, 1.807) is 0 Å². The maximum atomic E-state index is 4.27. The number of hydrogen-bond donors (Lipinski definition) is 0. The van der Waals surface area contributed by atoms with E-state index in [1.165, 1.54) is 17.8 Å². The van der Waals surface area contributed by atoms with Crippen LogP contribution < -0.4 is 4.90 Å². The first-order chi connectivity index (χ1) is 7.45. The number of aliphatic imine (C=N–C) groups is 1. The number of benzene rings is 1. The maximum Gasteiger partial charge on any atom is 0.0462 e. The van der Waals surface area contributed by atoms with Gasteiger partial charge in [-0.15, -0.1) is 0 Å². The molecule has 2 nitrogen and oxygen atoms in total. The molecular formula is C13H14N2. The molecular weight excluding hydrogens is 184 g/mol. The number of hydrogen-bond acceptors (Lipinski definition) is 2. The van der Waals surface area contributed by atoms with E-state index in [2.05, 4.69) is 40.2 Å². The summed E-state index contributed by atoms with van der Waals surface area (Å²) in [5.74, 6) is 0.697. The number of para-hydroxylation sites is 1. The maximum absolute atomic E-state index is 4.27. The summed E-state index contributed by atoms with van der Waals surface area (Å²) < 4.78 is 0. The van der Waals surface area contributed by atoms with Crippen LogP contribution in [0.4, 0.5) is 5.69 Å². The third-order valence-electron chi connectivity index (χ3n) is 3.20. The molecule has 76 valence electrons. The Kier molecular flexibility index (Phi) is 2.05. The smallest absolute Gasteiger partial charge is 0.0462 e. The van der Waals surface area contributed by atoms with Gasteiger partial charge in [0.05, 0.1) is 0 Å².